The van der Waals surface area contributed by atoms with Crippen molar-refractivity contribution >= 4 is 43.6 Å². The molecule has 0 aliphatic heterocycles. The van der Waals surface area contributed by atoms with Gasteiger partial charge in [-0.15, -0.1) is 0 Å². The average molecular weight is 845 g/mol. The quantitative estimate of drug-likeness (QED) is 0.151. The molecular weight excluding hydrogens is 797 g/mol. The fraction of sp³-hybridized carbons (Fsp3) is 0.0625. The summed E-state index contributed by atoms with van der Waals surface area (Å²) in [6, 6.07) is 80.8. The zero-order chi connectivity index (χ0) is 44.5. The highest BCUT2D eigenvalue weighted by Crippen LogP contribution is 2.41. The first-order valence-corrected chi connectivity index (χ1v) is 23.0. The fourth-order valence-electron chi connectivity index (χ4n) is 10.5. The molecule has 0 bridgehead atoms. The number of rotatable bonds is 7. The highest BCUT2D eigenvalue weighted by molar-refractivity contribution is 6.13. The average Bonchev–Trinajstić information content (AvgIpc) is 3.86. The van der Waals surface area contributed by atoms with Gasteiger partial charge >= 0.3 is 0 Å². The molecule has 0 spiro atoms. The van der Waals surface area contributed by atoms with Crippen molar-refractivity contribution in [2.24, 2.45) is 0 Å². The molecule has 12 rings (SSSR count). The summed E-state index contributed by atoms with van der Waals surface area (Å²) in [7, 11) is 0. The molecule has 0 saturated heterocycles. The first kappa shape index (κ1) is 39.4. The van der Waals surface area contributed by atoms with Gasteiger partial charge in [0.05, 0.1) is 22.1 Å². The molecule has 314 valence electrons. The molecule has 0 aliphatic carbocycles. The molecule has 0 amide bonds. The monoisotopic (exact) mass is 844 g/mol. The van der Waals surface area contributed by atoms with Gasteiger partial charge in [0, 0.05) is 32.9 Å². The predicted octanol–water partition coefficient (Wildman–Crippen LogP) is 17.4. The van der Waals surface area contributed by atoms with E-state index >= 15 is 0 Å². The smallest absolute Gasteiger partial charge is 0.0541 e. The second kappa shape index (κ2) is 15.8. The second-order valence-electron chi connectivity index (χ2n) is 18.0. The van der Waals surface area contributed by atoms with E-state index < -0.39 is 0 Å². The summed E-state index contributed by atoms with van der Waals surface area (Å²) >= 11 is 0. The van der Waals surface area contributed by atoms with E-state index in [0.29, 0.717) is 0 Å². The Morgan fingerprint density at radius 1 is 0.227 bits per heavy atom. The second-order valence-corrected chi connectivity index (χ2v) is 18.0. The van der Waals surface area contributed by atoms with Crippen LogP contribution < -0.4 is 0 Å². The van der Waals surface area contributed by atoms with Crippen LogP contribution >= 0.6 is 0 Å². The molecule has 2 aromatic heterocycles. The Balaban J connectivity index is 0.938. The molecular formula is C64H48N2. The lowest BCUT2D eigenvalue weighted by atomic mass is 9.97. The van der Waals surface area contributed by atoms with Gasteiger partial charge in [-0.25, -0.2) is 0 Å². The first-order chi connectivity index (χ1) is 32.4. The Bertz CT molecular complexity index is 3380. The van der Waals surface area contributed by atoms with Crippen molar-refractivity contribution in [3.8, 4) is 67.0 Å². The van der Waals surface area contributed by atoms with Gasteiger partial charge in [-0.05, 0) is 178 Å². The van der Waals surface area contributed by atoms with E-state index in [1.165, 1.54) is 122 Å². The molecule has 2 heterocycles. The molecule has 0 fully saturated rings. The minimum Gasteiger partial charge on any atom is -0.309 e. The Hall–Kier alpha value is -8.20. The zero-order valence-corrected chi connectivity index (χ0v) is 37.7. The zero-order valence-electron chi connectivity index (χ0n) is 37.7. The third-order valence-electron chi connectivity index (χ3n) is 13.9. The van der Waals surface area contributed by atoms with E-state index in [2.05, 4.69) is 255 Å². The molecule has 0 aliphatic rings. The van der Waals surface area contributed by atoms with Gasteiger partial charge < -0.3 is 9.13 Å². The van der Waals surface area contributed by atoms with Gasteiger partial charge in [0.15, 0.2) is 0 Å². The Morgan fingerprint density at radius 2 is 0.455 bits per heavy atom. The van der Waals surface area contributed by atoms with E-state index in [0.717, 1.165) is 11.4 Å². The van der Waals surface area contributed by atoms with Gasteiger partial charge in [0.2, 0.25) is 0 Å². The van der Waals surface area contributed by atoms with Crippen LogP contribution in [0, 0.1) is 27.7 Å². The third kappa shape index (κ3) is 6.56. The lowest BCUT2D eigenvalue weighted by Gasteiger charge is -2.12. The van der Waals surface area contributed by atoms with Crippen molar-refractivity contribution in [1.29, 1.82) is 0 Å². The number of fused-ring (bicyclic) bond motifs is 6. The van der Waals surface area contributed by atoms with Crippen molar-refractivity contribution in [1.82, 2.24) is 9.13 Å². The largest absolute Gasteiger partial charge is 0.309 e. The molecule has 66 heavy (non-hydrogen) atoms. The van der Waals surface area contributed by atoms with E-state index in [9.17, 15) is 0 Å². The standard InChI is InChI=1S/C64H48N2/c1-41-13-5-9-17-53(41)47-25-33-61-57(37-47)58-38-48(54-18-10-6-14-42(54)2)26-34-62(58)65(61)51-29-21-45(22-30-51)46-23-31-52(32-24-46)66-63-35-27-49(55-19-11-7-15-43(55)3)39-59(63)60-40-50(28-36-64(60)66)56-20-12-8-16-44(56)4/h5-40H,1-4H3. The van der Waals surface area contributed by atoms with E-state index in [4.69, 9.17) is 0 Å². The minimum atomic E-state index is 1.14. The Morgan fingerprint density at radius 3 is 0.697 bits per heavy atom. The summed E-state index contributed by atoms with van der Waals surface area (Å²) in [4.78, 5) is 0. The predicted molar refractivity (Wildman–Crippen MR) is 281 cm³/mol. The van der Waals surface area contributed by atoms with Crippen LogP contribution in [0.5, 0.6) is 0 Å². The Labute approximate surface area is 386 Å². The van der Waals surface area contributed by atoms with Crippen LogP contribution in [-0.2, 0) is 0 Å². The third-order valence-corrected chi connectivity index (χ3v) is 13.9. The maximum Gasteiger partial charge on any atom is 0.0541 e. The summed E-state index contributed by atoms with van der Waals surface area (Å²) in [6.45, 7) is 8.79. The van der Waals surface area contributed by atoms with Gasteiger partial charge in [-0.1, -0.05) is 146 Å². The maximum absolute atomic E-state index is 2.43. The first-order valence-electron chi connectivity index (χ1n) is 23.0. The number of hydrogen-bond donors (Lipinski definition) is 0. The van der Waals surface area contributed by atoms with Crippen LogP contribution in [0.1, 0.15) is 22.3 Å². The van der Waals surface area contributed by atoms with Gasteiger partial charge in [-0.2, -0.15) is 0 Å². The molecule has 0 N–H and O–H groups in total. The number of hydrogen-bond acceptors (Lipinski definition) is 0. The van der Waals surface area contributed by atoms with Crippen molar-refractivity contribution < 1.29 is 0 Å². The van der Waals surface area contributed by atoms with Crippen LogP contribution in [0.4, 0.5) is 0 Å². The van der Waals surface area contributed by atoms with E-state index in [1.54, 1.807) is 0 Å². The molecule has 0 radical (unpaired) electrons. The molecule has 12 aromatic rings. The molecule has 0 atom stereocenters. The van der Waals surface area contributed by atoms with E-state index in [-0.39, 0.29) is 0 Å². The highest BCUT2D eigenvalue weighted by atomic mass is 15.0. The van der Waals surface area contributed by atoms with Crippen LogP contribution in [0.15, 0.2) is 218 Å². The minimum absolute atomic E-state index is 1.14. The molecule has 0 unspecified atom stereocenters. The lowest BCUT2D eigenvalue weighted by Crippen LogP contribution is -1.95. The van der Waals surface area contributed by atoms with Gasteiger partial charge in [-0.3, -0.25) is 0 Å². The van der Waals surface area contributed by atoms with Crippen molar-refractivity contribution in [3.05, 3.63) is 241 Å². The normalized spacial score (nSPS) is 11.6. The maximum atomic E-state index is 2.43. The number of benzene rings is 10. The molecule has 10 aromatic carbocycles. The van der Waals surface area contributed by atoms with Crippen LogP contribution in [0.3, 0.4) is 0 Å². The molecule has 2 nitrogen and oxygen atoms in total. The summed E-state index contributed by atoms with van der Waals surface area (Å²) in [5.41, 5.74) is 24.6. The van der Waals surface area contributed by atoms with Gasteiger partial charge in [0.1, 0.15) is 0 Å². The summed E-state index contributed by atoms with van der Waals surface area (Å²) in [5, 5.41) is 5.01. The van der Waals surface area contributed by atoms with Crippen LogP contribution in [0.2, 0.25) is 0 Å². The number of aromatic nitrogens is 2. The summed E-state index contributed by atoms with van der Waals surface area (Å²) < 4.78 is 4.86. The van der Waals surface area contributed by atoms with Crippen molar-refractivity contribution in [3.63, 3.8) is 0 Å². The fourth-order valence-corrected chi connectivity index (χ4v) is 10.5. The van der Waals surface area contributed by atoms with Crippen molar-refractivity contribution in [2.45, 2.75) is 27.7 Å². The molecule has 0 saturated carbocycles. The highest BCUT2D eigenvalue weighted by Gasteiger charge is 2.18. The lowest BCUT2D eigenvalue weighted by molar-refractivity contribution is 1.18. The van der Waals surface area contributed by atoms with Crippen LogP contribution in [0.25, 0.3) is 111 Å². The Kier molecular flexibility index (Phi) is 9.43. The molecule has 2 heteroatoms. The van der Waals surface area contributed by atoms with Crippen molar-refractivity contribution in [2.75, 3.05) is 0 Å². The summed E-state index contributed by atoms with van der Waals surface area (Å²) in [5.74, 6) is 0. The summed E-state index contributed by atoms with van der Waals surface area (Å²) in [6.07, 6.45) is 0. The SMILES string of the molecule is Cc1ccccc1-c1ccc2c(c1)c1cc(-c3ccccc3C)ccc1n2-c1ccc(-c2ccc(-n3c4ccc(-c5ccccc5C)cc4c4cc(-c5ccccc5C)ccc43)cc2)cc1. The van der Waals surface area contributed by atoms with Crippen LogP contribution in [-0.4, -0.2) is 9.13 Å². The van der Waals surface area contributed by atoms with E-state index in [1.807, 2.05) is 0 Å². The van der Waals surface area contributed by atoms with Gasteiger partial charge in [0.25, 0.3) is 0 Å². The topological polar surface area (TPSA) is 9.86 Å². The number of nitrogens with zero attached hydrogens (tertiary/aromatic N) is 2. The number of aryl methyl sites for hydroxylation is 4.